The number of amides is 1. The third-order valence-electron chi connectivity index (χ3n) is 2.80. The maximum atomic E-state index is 13.6. The van der Waals surface area contributed by atoms with Gasteiger partial charge in [-0.3, -0.25) is 20.0 Å². The van der Waals surface area contributed by atoms with E-state index in [-0.39, 0.29) is 23.0 Å². The number of carbonyl (C=O) groups excluding carboxylic acids is 1. The number of carbonyl (C=O) groups is 1. The van der Waals surface area contributed by atoms with Crippen LogP contribution in [-0.2, 0) is 4.79 Å². The lowest BCUT2D eigenvalue weighted by atomic mass is 10.2. The zero-order chi connectivity index (χ0) is 17.0. The van der Waals surface area contributed by atoms with E-state index in [0.717, 1.165) is 30.0 Å². The van der Waals surface area contributed by atoms with Gasteiger partial charge in [-0.2, -0.15) is 0 Å². The molecule has 0 radical (unpaired) electrons. The maximum Gasteiger partial charge on any atom is 0.271 e. The van der Waals surface area contributed by atoms with Crippen LogP contribution in [-0.4, -0.2) is 31.8 Å². The van der Waals surface area contributed by atoms with Crippen LogP contribution in [0.25, 0.3) is 0 Å². The Hall–Kier alpha value is -2.49. The minimum atomic E-state index is -0.742. The lowest BCUT2D eigenvalue weighted by Crippen LogP contribution is -2.15. The molecule has 1 amide bonds. The van der Waals surface area contributed by atoms with Gasteiger partial charge in [-0.25, -0.2) is 9.37 Å². The average molecular weight is 339 g/mol. The Bertz CT molecular complexity index is 734. The predicted octanol–water partition coefficient (Wildman–Crippen LogP) is 2.71. The number of benzene rings is 1. The number of nitro benzene ring substituents is 1. The Kier molecular flexibility index (Phi) is 5.27. The first-order chi connectivity index (χ1) is 10.9. The fraction of sp³-hybridized carbons (Fsp3) is 0.308. The molecule has 23 heavy (non-hydrogen) atoms. The minimum absolute atomic E-state index is 0.0441. The molecular formula is C13H14FN5O3S. The SMILES string of the molecule is CC(C)c1nc(SCC(=O)Nc2cc([N+](=O)[O-])ccc2F)n[nH]1. The third-order valence-corrected chi connectivity index (χ3v) is 3.64. The van der Waals surface area contributed by atoms with Gasteiger partial charge in [0.15, 0.2) is 0 Å². The van der Waals surface area contributed by atoms with Crippen molar-refractivity contribution < 1.29 is 14.1 Å². The number of non-ortho nitro benzene ring substituents is 1. The van der Waals surface area contributed by atoms with E-state index in [4.69, 9.17) is 0 Å². The summed E-state index contributed by atoms with van der Waals surface area (Å²) in [6, 6.07) is 2.94. The molecule has 2 aromatic rings. The van der Waals surface area contributed by atoms with Crippen molar-refractivity contribution in [2.24, 2.45) is 0 Å². The molecule has 122 valence electrons. The van der Waals surface area contributed by atoms with E-state index < -0.39 is 16.6 Å². The summed E-state index contributed by atoms with van der Waals surface area (Å²) in [6.45, 7) is 3.90. The summed E-state index contributed by atoms with van der Waals surface area (Å²) in [5.74, 6) is -0.404. The summed E-state index contributed by atoms with van der Waals surface area (Å²) in [5.41, 5.74) is -0.535. The van der Waals surface area contributed by atoms with Crippen molar-refractivity contribution in [3.8, 4) is 0 Å². The lowest BCUT2D eigenvalue weighted by Gasteiger charge is -2.05. The van der Waals surface area contributed by atoms with E-state index in [1.807, 2.05) is 13.8 Å². The Labute approximate surface area is 135 Å². The van der Waals surface area contributed by atoms with Gasteiger partial charge in [0.2, 0.25) is 11.1 Å². The highest BCUT2D eigenvalue weighted by Gasteiger charge is 2.14. The van der Waals surface area contributed by atoms with Crippen molar-refractivity contribution in [1.82, 2.24) is 15.2 Å². The van der Waals surface area contributed by atoms with Crippen molar-refractivity contribution in [3.05, 3.63) is 40.0 Å². The predicted molar refractivity (Wildman–Crippen MR) is 82.9 cm³/mol. The Morgan fingerprint density at radius 3 is 2.87 bits per heavy atom. The number of thioether (sulfide) groups is 1. The second-order valence-corrected chi connectivity index (χ2v) is 5.86. The molecule has 1 aromatic carbocycles. The monoisotopic (exact) mass is 339 g/mol. The number of aromatic amines is 1. The number of hydrogen-bond acceptors (Lipinski definition) is 6. The van der Waals surface area contributed by atoms with Crippen molar-refractivity contribution >= 4 is 29.0 Å². The number of hydrogen-bond donors (Lipinski definition) is 2. The molecule has 1 heterocycles. The molecule has 0 aliphatic rings. The third kappa shape index (κ3) is 4.49. The van der Waals surface area contributed by atoms with Crippen LogP contribution in [0.15, 0.2) is 23.4 Å². The fourth-order valence-corrected chi connectivity index (χ4v) is 2.23. The van der Waals surface area contributed by atoms with Crippen molar-refractivity contribution in [1.29, 1.82) is 0 Å². The maximum absolute atomic E-state index is 13.6. The number of rotatable bonds is 6. The molecule has 0 saturated carbocycles. The van der Waals surface area contributed by atoms with Gasteiger partial charge in [0.05, 0.1) is 16.4 Å². The number of H-pyrrole nitrogens is 1. The Balaban J connectivity index is 1.96. The molecule has 2 N–H and O–H groups in total. The van der Waals surface area contributed by atoms with E-state index >= 15 is 0 Å². The quantitative estimate of drug-likeness (QED) is 0.475. The van der Waals surface area contributed by atoms with Crippen LogP contribution < -0.4 is 5.32 Å². The number of halogens is 1. The van der Waals surface area contributed by atoms with Crippen molar-refractivity contribution in [3.63, 3.8) is 0 Å². The summed E-state index contributed by atoms with van der Waals surface area (Å²) in [4.78, 5) is 26.0. The van der Waals surface area contributed by atoms with Crippen LogP contribution in [0.3, 0.4) is 0 Å². The van der Waals surface area contributed by atoms with E-state index in [1.165, 1.54) is 0 Å². The van der Waals surface area contributed by atoms with Crippen molar-refractivity contribution in [2.45, 2.75) is 24.9 Å². The number of nitro groups is 1. The first kappa shape index (κ1) is 16.9. The van der Waals surface area contributed by atoms with E-state index in [0.29, 0.717) is 11.0 Å². The second-order valence-electron chi connectivity index (χ2n) is 4.92. The summed E-state index contributed by atoms with van der Waals surface area (Å²) in [6.07, 6.45) is 0. The van der Waals surface area contributed by atoms with E-state index in [1.54, 1.807) is 0 Å². The van der Waals surface area contributed by atoms with Gasteiger partial charge in [-0.05, 0) is 6.07 Å². The van der Waals surface area contributed by atoms with Gasteiger partial charge in [0.1, 0.15) is 11.6 Å². The molecule has 2 rings (SSSR count). The molecule has 0 unspecified atom stereocenters. The number of anilines is 1. The van der Waals surface area contributed by atoms with E-state index in [9.17, 15) is 19.3 Å². The van der Waals surface area contributed by atoms with Gasteiger partial charge in [0.25, 0.3) is 5.69 Å². The van der Waals surface area contributed by atoms with Crippen molar-refractivity contribution in [2.75, 3.05) is 11.1 Å². The molecule has 0 bridgehead atoms. The number of nitrogens with one attached hydrogen (secondary N) is 2. The highest BCUT2D eigenvalue weighted by atomic mass is 32.2. The van der Waals surface area contributed by atoms with E-state index in [2.05, 4.69) is 20.5 Å². The molecule has 0 atom stereocenters. The van der Waals surface area contributed by atoms with Crippen LogP contribution >= 0.6 is 11.8 Å². The highest BCUT2D eigenvalue weighted by molar-refractivity contribution is 7.99. The van der Waals surface area contributed by atoms with Gasteiger partial charge >= 0.3 is 0 Å². The summed E-state index contributed by atoms with van der Waals surface area (Å²) in [7, 11) is 0. The van der Waals surface area contributed by atoms with Crippen LogP contribution in [0, 0.1) is 15.9 Å². The Morgan fingerprint density at radius 2 is 2.26 bits per heavy atom. The van der Waals surface area contributed by atoms with Crippen LogP contribution in [0.4, 0.5) is 15.8 Å². The molecule has 0 saturated heterocycles. The largest absolute Gasteiger partial charge is 0.323 e. The normalized spacial score (nSPS) is 10.8. The first-order valence-electron chi connectivity index (χ1n) is 6.65. The van der Waals surface area contributed by atoms with Gasteiger partial charge in [0, 0.05) is 18.1 Å². The highest BCUT2D eigenvalue weighted by Crippen LogP contribution is 2.22. The smallest absolute Gasteiger partial charge is 0.271 e. The van der Waals surface area contributed by atoms with Crippen LogP contribution in [0.1, 0.15) is 25.6 Å². The van der Waals surface area contributed by atoms with Crippen LogP contribution in [0.2, 0.25) is 0 Å². The molecule has 10 heteroatoms. The first-order valence-corrected chi connectivity index (χ1v) is 7.64. The minimum Gasteiger partial charge on any atom is -0.323 e. The number of aromatic nitrogens is 3. The zero-order valence-electron chi connectivity index (χ0n) is 12.4. The Morgan fingerprint density at radius 1 is 1.52 bits per heavy atom. The molecule has 0 spiro atoms. The number of nitrogens with zero attached hydrogens (tertiary/aromatic N) is 3. The standard InChI is InChI=1S/C13H14FN5O3S/c1-7(2)12-16-13(18-17-12)23-6-11(20)15-10-5-8(19(21)22)3-4-9(10)14/h3-5,7H,6H2,1-2H3,(H,15,20)(H,16,17,18). The summed E-state index contributed by atoms with van der Waals surface area (Å²) < 4.78 is 13.6. The topological polar surface area (TPSA) is 114 Å². The average Bonchev–Trinajstić information content (AvgIpc) is 2.96. The van der Waals surface area contributed by atoms with Gasteiger partial charge in [-0.15, -0.1) is 5.10 Å². The molecule has 8 nitrogen and oxygen atoms in total. The second kappa shape index (κ2) is 7.18. The zero-order valence-corrected chi connectivity index (χ0v) is 13.2. The molecule has 0 fully saturated rings. The molecule has 1 aromatic heterocycles. The lowest BCUT2D eigenvalue weighted by molar-refractivity contribution is -0.384. The van der Waals surface area contributed by atoms with Gasteiger partial charge in [-0.1, -0.05) is 25.6 Å². The molecule has 0 aliphatic heterocycles. The molecule has 0 aliphatic carbocycles. The molecular weight excluding hydrogens is 325 g/mol. The fourth-order valence-electron chi connectivity index (χ4n) is 1.62. The summed E-state index contributed by atoms with van der Waals surface area (Å²) in [5, 5.41) is 20.1. The summed E-state index contributed by atoms with van der Waals surface area (Å²) >= 11 is 1.08. The van der Waals surface area contributed by atoms with Crippen LogP contribution in [0.5, 0.6) is 0 Å². The van der Waals surface area contributed by atoms with Gasteiger partial charge < -0.3 is 5.32 Å².